The van der Waals surface area contributed by atoms with E-state index < -0.39 is 5.82 Å². The summed E-state index contributed by atoms with van der Waals surface area (Å²) in [4.78, 5) is 18.9. The molecule has 1 fully saturated rings. The molecule has 2 heterocycles. The zero-order valence-corrected chi connectivity index (χ0v) is 12.3. The van der Waals surface area contributed by atoms with Gasteiger partial charge in [-0.2, -0.15) is 0 Å². The molecular weight excluding hydrogens is 283 g/mol. The molecule has 0 radical (unpaired) electrons. The average molecular weight is 302 g/mol. The lowest BCUT2D eigenvalue weighted by atomic mass is 10.1. The smallest absolute Gasteiger partial charge is 0.256 e. The molecule has 0 aliphatic carbocycles. The van der Waals surface area contributed by atoms with Crippen LogP contribution in [0.1, 0.15) is 36.0 Å². The van der Waals surface area contributed by atoms with E-state index in [-0.39, 0.29) is 18.6 Å². The lowest BCUT2D eigenvalue weighted by Gasteiger charge is -2.25. The van der Waals surface area contributed by atoms with Gasteiger partial charge in [0.25, 0.3) is 5.91 Å². The first kappa shape index (κ1) is 14.9. The third kappa shape index (κ3) is 2.81. The highest BCUT2D eigenvalue weighted by Crippen LogP contribution is 2.26. The standard InChI is InChI=1S/C17H19FN2O2/c18-13-10-12-4-1-7-19-16(12)15(11-13)17(22)20-8-2-5-14(20)6-3-9-21/h1,4,7,10-11,14,21H,2-3,5-6,8-9H2. The van der Waals surface area contributed by atoms with E-state index in [0.717, 1.165) is 19.3 Å². The van der Waals surface area contributed by atoms with E-state index in [2.05, 4.69) is 4.98 Å². The Morgan fingerprint density at radius 3 is 3.14 bits per heavy atom. The maximum absolute atomic E-state index is 13.8. The maximum atomic E-state index is 13.8. The number of carbonyl (C=O) groups excluding carboxylic acids is 1. The molecule has 4 nitrogen and oxygen atoms in total. The third-order valence-corrected chi connectivity index (χ3v) is 4.23. The molecule has 1 aliphatic heterocycles. The third-order valence-electron chi connectivity index (χ3n) is 4.23. The van der Waals surface area contributed by atoms with Crippen molar-refractivity contribution in [2.24, 2.45) is 0 Å². The van der Waals surface area contributed by atoms with E-state index >= 15 is 0 Å². The molecule has 22 heavy (non-hydrogen) atoms. The molecule has 5 heteroatoms. The number of halogens is 1. The van der Waals surface area contributed by atoms with Crippen molar-refractivity contribution in [2.75, 3.05) is 13.2 Å². The summed E-state index contributed by atoms with van der Waals surface area (Å²) in [6.45, 7) is 0.808. The van der Waals surface area contributed by atoms with E-state index in [0.29, 0.717) is 29.4 Å². The number of rotatable bonds is 4. The van der Waals surface area contributed by atoms with E-state index in [1.165, 1.54) is 12.1 Å². The number of amides is 1. The molecule has 1 N–H and O–H groups in total. The Balaban J connectivity index is 1.95. The highest BCUT2D eigenvalue weighted by atomic mass is 19.1. The summed E-state index contributed by atoms with van der Waals surface area (Å²) in [6, 6.07) is 6.29. The van der Waals surface area contributed by atoms with Crippen molar-refractivity contribution in [3.05, 3.63) is 41.8 Å². The van der Waals surface area contributed by atoms with Crippen LogP contribution in [-0.2, 0) is 0 Å². The van der Waals surface area contributed by atoms with Crippen molar-refractivity contribution in [3.8, 4) is 0 Å². The van der Waals surface area contributed by atoms with Gasteiger partial charge in [0.1, 0.15) is 5.82 Å². The molecule has 1 atom stereocenters. The summed E-state index contributed by atoms with van der Waals surface area (Å²) in [5, 5.41) is 9.62. The molecule has 1 aromatic heterocycles. The fourth-order valence-corrected chi connectivity index (χ4v) is 3.20. The predicted molar refractivity (Wildman–Crippen MR) is 82.1 cm³/mol. The van der Waals surface area contributed by atoms with Crippen molar-refractivity contribution < 1.29 is 14.3 Å². The van der Waals surface area contributed by atoms with Gasteiger partial charge >= 0.3 is 0 Å². The van der Waals surface area contributed by atoms with Gasteiger partial charge in [0.15, 0.2) is 0 Å². The number of benzene rings is 1. The number of carbonyl (C=O) groups is 1. The number of hydrogen-bond acceptors (Lipinski definition) is 3. The molecule has 1 aliphatic rings. The molecule has 116 valence electrons. The van der Waals surface area contributed by atoms with Crippen molar-refractivity contribution in [3.63, 3.8) is 0 Å². The van der Waals surface area contributed by atoms with Crippen LogP contribution in [0.15, 0.2) is 30.5 Å². The predicted octanol–water partition coefficient (Wildman–Crippen LogP) is 2.75. The number of likely N-dealkylation sites (tertiary alicyclic amines) is 1. The van der Waals surface area contributed by atoms with Crippen molar-refractivity contribution in [1.29, 1.82) is 0 Å². The van der Waals surface area contributed by atoms with Crippen LogP contribution in [-0.4, -0.2) is 40.1 Å². The molecule has 0 spiro atoms. The number of aliphatic hydroxyl groups is 1. The second kappa shape index (κ2) is 6.40. The van der Waals surface area contributed by atoms with Crippen LogP contribution in [0.4, 0.5) is 4.39 Å². The summed E-state index contributed by atoms with van der Waals surface area (Å²) in [6.07, 6.45) is 4.96. The van der Waals surface area contributed by atoms with Gasteiger partial charge in [0.2, 0.25) is 0 Å². The topological polar surface area (TPSA) is 53.4 Å². The second-order valence-electron chi connectivity index (χ2n) is 5.69. The average Bonchev–Trinajstić information content (AvgIpc) is 2.99. The molecule has 1 aromatic carbocycles. The molecule has 0 saturated carbocycles. The number of nitrogens with zero attached hydrogens (tertiary/aromatic N) is 2. The number of aliphatic hydroxyl groups excluding tert-OH is 1. The van der Waals surface area contributed by atoms with Crippen LogP contribution in [0.3, 0.4) is 0 Å². The van der Waals surface area contributed by atoms with Crippen LogP contribution >= 0.6 is 0 Å². The number of aromatic nitrogens is 1. The number of hydrogen-bond donors (Lipinski definition) is 1. The van der Waals surface area contributed by atoms with Crippen LogP contribution in [0, 0.1) is 5.82 Å². The summed E-state index contributed by atoms with van der Waals surface area (Å²) in [5.41, 5.74) is 0.869. The first-order valence-corrected chi connectivity index (χ1v) is 7.67. The Hall–Kier alpha value is -2.01. The maximum Gasteiger partial charge on any atom is 0.256 e. The van der Waals surface area contributed by atoms with E-state index in [1.54, 1.807) is 23.2 Å². The molecule has 2 aromatic rings. The largest absolute Gasteiger partial charge is 0.396 e. The quantitative estimate of drug-likeness (QED) is 0.945. The second-order valence-corrected chi connectivity index (χ2v) is 5.69. The van der Waals surface area contributed by atoms with Gasteiger partial charge in [-0.15, -0.1) is 0 Å². The lowest BCUT2D eigenvalue weighted by molar-refractivity contribution is 0.0726. The Labute approximate surface area is 128 Å². The minimum Gasteiger partial charge on any atom is -0.396 e. The van der Waals surface area contributed by atoms with Crippen LogP contribution < -0.4 is 0 Å². The first-order valence-electron chi connectivity index (χ1n) is 7.67. The number of pyridine rings is 1. The molecular formula is C17H19FN2O2. The van der Waals surface area contributed by atoms with Crippen molar-refractivity contribution in [2.45, 2.75) is 31.7 Å². The fraction of sp³-hybridized carbons (Fsp3) is 0.412. The monoisotopic (exact) mass is 302 g/mol. The Kier molecular flexibility index (Phi) is 4.34. The zero-order chi connectivity index (χ0) is 15.5. The highest BCUT2D eigenvalue weighted by molar-refractivity contribution is 6.05. The van der Waals surface area contributed by atoms with Crippen LogP contribution in [0.2, 0.25) is 0 Å². The molecule has 1 unspecified atom stereocenters. The highest BCUT2D eigenvalue weighted by Gasteiger charge is 2.30. The molecule has 3 rings (SSSR count). The van der Waals surface area contributed by atoms with E-state index in [1.807, 2.05) is 0 Å². The molecule has 0 bridgehead atoms. The van der Waals surface area contributed by atoms with E-state index in [9.17, 15) is 9.18 Å². The molecule has 1 saturated heterocycles. The van der Waals surface area contributed by atoms with Gasteiger partial charge in [-0.3, -0.25) is 9.78 Å². The zero-order valence-electron chi connectivity index (χ0n) is 12.3. The van der Waals surface area contributed by atoms with Crippen molar-refractivity contribution in [1.82, 2.24) is 9.88 Å². The SMILES string of the molecule is O=C(c1cc(F)cc2cccnc12)N1CCCC1CCCO. The van der Waals surface area contributed by atoms with Gasteiger partial charge in [0, 0.05) is 30.8 Å². The fourth-order valence-electron chi connectivity index (χ4n) is 3.20. The minimum atomic E-state index is -0.421. The lowest BCUT2D eigenvalue weighted by Crippen LogP contribution is -2.35. The van der Waals surface area contributed by atoms with Gasteiger partial charge in [-0.1, -0.05) is 6.07 Å². The Morgan fingerprint density at radius 1 is 1.45 bits per heavy atom. The normalized spacial score (nSPS) is 18.1. The Morgan fingerprint density at radius 2 is 2.32 bits per heavy atom. The van der Waals surface area contributed by atoms with Gasteiger partial charge < -0.3 is 10.0 Å². The summed E-state index contributed by atoms with van der Waals surface area (Å²) in [7, 11) is 0. The van der Waals surface area contributed by atoms with Crippen molar-refractivity contribution >= 4 is 16.8 Å². The van der Waals surface area contributed by atoms with Gasteiger partial charge in [-0.25, -0.2) is 4.39 Å². The summed E-state index contributed by atoms with van der Waals surface area (Å²) >= 11 is 0. The minimum absolute atomic E-state index is 0.127. The van der Waals surface area contributed by atoms with Crippen LogP contribution in [0.5, 0.6) is 0 Å². The molecule has 1 amide bonds. The summed E-state index contributed by atoms with van der Waals surface area (Å²) in [5.74, 6) is -0.585. The van der Waals surface area contributed by atoms with Crippen LogP contribution in [0.25, 0.3) is 10.9 Å². The first-order chi connectivity index (χ1) is 10.7. The van der Waals surface area contributed by atoms with Gasteiger partial charge in [0.05, 0.1) is 11.1 Å². The summed E-state index contributed by atoms with van der Waals surface area (Å²) < 4.78 is 13.8. The van der Waals surface area contributed by atoms with Gasteiger partial charge in [-0.05, 0) is 43.9 Å². The van der Waals surface area contributed by atoms with E-state index in [4.69, 9.17) is 5.11 Å². The number of fused-ring (bicyclic) bond motifs is 1. The Bertz CT molecular complexity index is 689.